The van der Waals surface area contributed by atoms with Gasteiger partial charge in [0, 0.05) is 24.9 Å². The molecule has 1 fully saturated rings. The highest BCUT2D eigenvalue weighted by molar-refractivity contribution is 7.89. The number of amides is 1. The summed E-state index contributed by atoms with van der Waals surface area (Å²) >= 11 is 0. The average Bonchev–Trinajstić information content (AvgIpc) is 2.79. The van der Waals surface area contributed by atoms with Crippen LogP contribution in [0.4, 0.5) is 5.69 Å². The topological polar surface area (TPSA) is 94.2 Å². The number of sulfonamides is 1. The van der Waals surface area contributed by atoms with E-state index in [-0.39, 0.29) is 29.6 Å². The zero-order valence-electron chi connectivity index (χ0n) is 17.5. The van der Waals surface area contributed by atoms with Crippen molar-refractivity contribution in [3.8, 4) is 11.5 Å². The van der Waals surface area contributed by atoms with Gasteiger partial charge in [0.2, 0.25) is 15.9 Å². The zero-order valence-corrected chi connectivity index (χ0v) is 18.4. The quantitative estimate of drug-likeness (QED) is 0.627. The first-order valence-corrected chi connectivity index (χ1v) is 11.4. The highest BCUT2D eigenvalue weighted by Gasteiger charge is 2.29. The fourth-order valence-corrected chi connectivity index (χ4v) is 4.65. The molecule has 2 aromatic carbocycles. The lowest BCUT2D eigenvalue weighted by molar-refractivity contribution is -0.111. The lowest BCUT2D eigenvalue weighted by atomic mass is 10.2. The third-order valence-electron chi connectivity index (χ3n) is 4.62. The van der Waals surface area contributed by atoms with E-state index < -0.39 is 10.0 Å². The number of anilines is 1. The Balaban J connectivity index is 1.80. The van der Waals surface area contributed by atoms with Crippen molar-refractivity contribution in [3.63, 3.8) is 0 Å². The first-order chi connectivity index (χ1) is 14.9. The summed E-state index contributed by atoms with van der Waals surface area (Å²) in [7, 11) is -2.22. The number of nitrogens with zero attached hydrogens (tertiary/aromatic N) is 1. The predicted molar refractivity (Wildman–Crippen MR) is 118 cm³/mol. The van der Waals surface area contributed by atoms with Gasteiger partial charge in [-0.2, -0.15) is 4.31 Å². The van der Waals surface area contributed by atoms with Crippen molar-refractivity contribution >= 4 is 27.7 Å². The van der Waals surface area contributed by atoms with Gasteiger partial charge in [-0.15, -0.1) is 0 Å². The number of nitrogens with one attached hydrogen (secondary N) is 1. The van der Waals surface area contributed by atoms with Crippen molar-refractivity contribution < 1.29 is 27.4 Å². The SMILES string of the molecule is CCOc1ccc(NC(=O)/C=C/c2cccc(OC)c2)cc1S(=O)(=O)N1CCOCC1. The van der Waals surface area contributed by atoms with E-state index in [2.05, 4.69) is 5.32 Å². The zero-order chi connectivity index (χ0) is 22.3. The van der Waals surface area contributed by atoms with Crippen LogP contribution in [0.2, 0.25) is 0 Å². The van der Waals surface area contributed by atoms with Gasteiger partial charge in [-0.05, 0) is 48.9 Å². The second-order valence-electron chi connectivity index (χ2n) is 6.71. The fraction of sp³-hybridized carbons (Fsp3) is 0.318. The summed E-state index contributed by atoms with van der Waals surface area (Å²) in [5, 5.41) is 2.71. The lowest BCUT2D eigenvalue weighted by Crippen LogP contribution is -2.40. The van der Waals surface area contributed by atoms with Crippen LogP contribution in [0.25, 0.3) is 6.08 Å². The molecule has 1 aliphatic rings. The first-order valence-electron chi connectivity index (χ1n) is 9.92. The Morgan fingerprint density at radius 1 is 1.19 bits per heavy atom. The molecule has 2 aromatic rings. The number of benzene rings is 2. The van der Waals surface area contributed by atoms with Gasteiger partial charge in [0.15, 0.2) is 0 Å². The lowest BCUT2D eigenvalue weighted by Gasteiger charge is -2.27. The van der Waals surface area contributed by atoms with E-state index in [0.29, 0.717) is 31.3 Å². The average molecular weight is 447 g/mol. The van der Waals surface area contributed by atoms with Gasteiger partial charge < -0.3 is 19.5 Å². The van der Waals surface area contributed by atoms with Crippen molar-refractivity contribution in [2.24, 2.45) is 0 Å². The normalized spacial score (nSPS) is 15.0. The molecule has 0 aliphatic carbocycles. The van der Waals surface area contributed by atoms with Crippen LogP contribution in [0.1, 0.15) is 12.5 Å². The Morgan fingerprint density at radius 3 is 2.68 bits per heavy atom. The number of hydrogen-bond donors (Lipinski definition) is 1. The summed E-state index contributed by atoms with van der Waals surface area (Å²) in [6.07, 6.45) is 3.03. The second-order valence-corrected chi connectivity index (χ2v) is 8.62. The van der Waals surface area contributed by atoms with Crippen LogP contribution in [0, 0.1) is 0 Å². The van der Waals surface area contributed by atoms with Gasteiger partial charge in [-0.25, -0.2) is 8.42 Å². The molecule has 9 heteroatoms. The van der Waals surface area contributed by atoms with Gasteiger partial charge in [-0.1, -0.05) is 12.1 Å². The van der Waals surface area contributed by atoms with E-state index in [1.165, 1.54) is 16.4 Å². The molecule has 0 spiro atoms. The second kappa shape index (κ2) is 10.4. The molecule has 1 N–H and O–H groups in total. The van der Waals surface area contributed by atoms with E-state index in [4.69, 9.17) is 14.2 Å². The molecule has 1 heterocycles. The summed E-state index contributed by atoms with van der Waals surface area (Å²) < 4.78 is 43.6. The van der Waals surface area contributed by atoms with Crippen molar-refractivity contribution in [2.75, 3.05) is 45.3 Å². The smallest absolute Gasteiger partial charge is 0.248 e. The maximum absolute atomic E-state index is 13.1. The van der Waals surface area contributed by atoms with Gasteiger partial charge in [0.05, 0.1) is 26.9 Å². The molecule has 0 bridgehead atoms. The van der Waals surface area contributed by atoms with Gasteiger partial charge >= 0.3 is 0 Å². The van der Waals surface area contributed by atoms with Gasteiger partial charge in [0.1, 0.15) is 16.4 Å². The number of hydrogen-bond acceptors (Lipinski definition) is 6. The molecule has 8 nitrogen and oxygen atoms in total. The molecule has 0 radical (unpaired) electrons. The fourth-order valence-electron chi connectivity index (χ4n) is 3.09. The summed E-state index contributed by atoms with van der Waals surface area (Å²) in [5.41, 5.74) is 1.16. The first kappa shape index (κ1) is 22.8. The summed E-state index contributed by atoms with van der Waals surface area (Å²) in [5.74, 6) is 0.549. The molecule has 1 saturated heterocycles. The minimum Gasteiger partial charge on any atom is -0.497 e. The molecule has 0 saturated carbocycles. The highest BCUT2D eigenvalue weighted by Crippen LogP contribution is 2.30. The van der Waals surface area contributed by atoms with Crippen LogP contribution in [-0.4, -0.2) is 58.7 Å². The number of rotatable bonds is 8. The van der Waals surface area contributed by atoms with E-state index >= 15 is 0 Å². The molecule has 166 valence electrons. The number of morpholine rings is 1. The Hall–Kier alpha value is -2.88. The Labute approximate surface area is 182 Å². The van der Waals surface area contributed by atoms with Gasteiger partial charge in [0.25, 0.3) is 0 Å². The molecule has 0 unspecified atom stereocenters. The Bertz CT molecular complexity index is 1050. The van der Waals surface area contributed by atoms with E-state index in [9.17, 15) is 13.2 Å². The van der Waals surface area contributed by atoms with E-state index in [1.54, 1.807) is 38.3 Å². The molecule has 3 rings (SSSR count). The highest BCUT2D eigenvalue weighted by atomic mass is 32.2. The van der Waals surface area contributed by atoms with E-state index in [0.717, 1.165) is 5.56 Å². The third kappa shape index (κ3) is 5.84. The number of ether oxygens (including phenoxy) is 3. The van der Waals surface area contributed by atoms with Crippen LogP contribution < -0.4 is 14.8 Å². The van der Waals surface area contributed by atoms with Crippen molar-refractivity contribution in [1.82, 2.24) is 4.31 Å². The van der Waals surface area contributed by atoms with Crippen LogP contribution in [0.3, 0.4) is 0 Å². The maximum atomic E-state index is 13.1. The molecular formula is C22H26N2O6S. The van der Waals surface area contributed by atoms with Crippen LogP contribution in [-0.2, 0) is 19.6 Å². The molecule has 1 amide bonds. The van der Waals surface area contributed by atoms with Crippen molar-refractivity contribution in [2.45, 2.75) is 11.8 Å². The maximum Gasteiger partial charge on any atom is 0.248 e. The van der Waals surface area contributed by atoms with Crippen molar-refractivity contribution in [3.05, 3.63) is 54.1 Å². The molecular weight excluding hydrogens is 420 g/mol. The molecule has 0 atom stereocenters. The molecule has 31 heavy (non-hydrogen) atoms. The van der Waals surface area contributed by atoms with Crippen LogP contribution in [0.5, 0.6) is 11.5 Å². The van der Waals surface area contributed by atoms with Crippen LogP contribution >= 0.6 is 0 Å². The van der Waals surface area contributed by atoms with Crippen molar-refractivity contribution in [1.29, 1.82) is 0 Å². The summed E-state index contributed by atoms with van der Waals surface area (Å²) in [6, 6.07) is 11.9. The third-order valence-corrected chi connectivity index (χ3v) is 6.54. The van der Waals surface area contributed by atoms with Gasteiger partial charge in [-0.3, -0.25) is 4.79 Å². The number of carbonyl (C=O) groups is 1. The summed E-state index contributed by atoms with van der Waals surface area (Å²) in [6.45, 7) is 3.33. The largest absolute Gasteiger partial charge is 0.497 e. The minimum absolute atomic E-state index is 0.0193. The molecule has 1 aliphatic heterocycles. The monoisotopic (exact) mass is 446 g/mol. The number of carbonyl (C=O) groups excluding carboxylic acids is 1. The molecule has 0 aromatic heterocycles. The Morgan fingerprint density at radius 2 is 1.97 bits per heavy atom. The number of methoxy groups -OCH3 is 1. The minimum atomic E-state index is -3.79. The van der Waals surface area contributed by atoms with Crippen LogP contribution in [0.15, 0.2) is 53.4 Å². The summed E-state index contributed by atoms with van der Waals surface area (Å²) in [4.78, 5) is 12.4. The standard InChI is InChI=1S/C22H26N2O6S/c1-3-30-20-9-8-18(16-21(20)31(26,27)24-11-13-29-14-12-24)23-22(25)10-7-17-5-4-6-19(15-17)28-2/h4-10,15-16H,3,11-14H2,1-2H3,(H,23,25)/b10-7+. The Kier molecular flexibility index (Phi) is 7.67. The van der Waals surface area contributed by atoms with E-state index in [1.807, 2.05) is 18.2 Å². The predicted octanol–water partition coefficient (Wildman–Crippen LogP) is 2.77.